The van der Waals surface area contributed by atoms with Crippen LogP contribution in [0.2, 0.25) is 0 Å². The van der Waals surface area contributed by atoms with E-state index in [1.165, 1.54) is 0 Å². The van der Waals surface area contributed by atoms with E-state index >= 15 is 0 Å². The highest BCUT2D eigenvalue weighted by molar-refractivity contribution is 4.82. The fourth-order valence-electron chi connectivity index (χ4n) is 2.24. The highest BCUT2D eigenvalue weighted by atomic mass is 16.7. The minimum absolute atomic E-state index is 0.238. The van der Waals surface area contributed by atoms with Gasteiger partial charge in [-0.2, -0.15) is 0 Å². The lowest BCUT2D eigenvalue weighted by Gasteiger charge is -2.45. The summed E-state index contributed by atoms with van der Waals surface area (Å²) < 4.78 is 12.0. The van der Waals surface area contributed by atoms with Gasteiger partial charge < -0.3 is 14.4 Å². The first-order chi connectivity index (χ1) is 8.11. The summed E-state index contributed by atoms with van der Waals surface area (Å²) in [5.41, 5.74) is 0. The molecule has 0 amide bonds. The van der Waals surface area contributed by atoms with Crippen LogP contribution in [0.3, 0.4) is 0 Å². The summed E-state index contributed by atoms with van der Waals surface area (Å²) >= 11 is 0. The topological polar surface area (TPSA) is 21.7 Å². The highest BCUT2D eigenvalue weighted by Crippen LogP contribution is 2.33. The zero-order chi connectivity index (χ0) is 12.9. The molecule has 3 heteroatoms. The average Bonchev–Trinajstić information content (AvgIpc) is 2.36. The lowest BCUT2D eigenvalue weighted by Crippen LogP contribution is -2.51. The van der Waals surface area contributed by atoms with Crippen molar-refractivity contribution in [1.82, 2.24) is 4.90 Å². The van der Waals surface area contributed by atoms with Crippen LogP contribution in [0.1, 0.15) is 40.5 Å². The molecule has 0 aromatic carbocycles. The third-order valence-electron chi connectivity index (χ3n) is 3.81. The Balaban J connectivity index is 0.000000686. The maximum atomic E-state index is 5.98. The van der Waals surface area contributed by atoms with E-state index < -0.39 is 0 Å². The molecule has 0 unspecified atom stereocenters. The fraction of sp³-hybridized carbons (Fsp3) is 1.00. The SMILES string of the molecule is CC.CC(C)C1COC2(CCN(C)CC2)OC1. The largest absolute Gasteiger partial charge is 0.349 e. The standard InChI is InChI=1S/C12H23NO2.C2H6/c1-10(2)11-8-14-12(15-9-11)4-6-13(3)7-5-12;1-2/h10-11H,4-9H2,1-3H3;1-2H3. The molecule has 0 aliphatic carbocycles. The molecule has 2 rings (SSSR count). The molecule has 0 N–H and O–H groups in total. The summed E-state index contributed by atoms with van der Waals surface area (Å²) in [5.74, 6) is 1.00. The smallest absolute Gasteiger partial charge is 0.170 e. The van der Waals surface area contributed by atoms with Crippen LogP contribution in [0, 0.1) is 11.8 Å². The van der Waals surface area contributed by atoms with E-state index in [1.54, 1.807) is 0 Å². The van der Waals surface area contributed by atoms with E-state index in [4.69, 9.17) is 9.47 Å². The van der Waals surface area contributed by atoms with E-state index in [0.717, 1.165) is 39.1 Å². The Morgan fingerprint density at radius 2 is 1.53 bits per heavy atom. The fourth-order valence-corrected chi connectivity index (χ4v) is 2.24. The summed E-state index contributed by atoms with van der Waals surface area (Å²) in [7, 11) is 2.16. The second-order valence-corrected chi connectivity index (χ2v) is 5.34. The first-order valence-corrected chi connectivity index (χ1v) is 7.08. The molecule has 2 saturated heterocycles. The van der Waals surface area contributed by atoms with E-state index in [0.29, 0.717) is 11.8 Å². The summed E-state index contributed by atoms with van der Waals surface area (Å²) in [4.78, 5) is 2.34. The van der Waals surface area contributed by atoms with Gasteiger partial charge in [0.25, 0.3) is 0 Å². The molecule has 2 aliphatic rings. The van der Waals surface area contributed by atoms with Gasteiger partial charge in [0.15, 0.2) is 5.79 Å². The van der Waals surface area contributed by atoms with Crippen molar-refractivity contribution in [3.05, 3.63) is 0 Å². The Labute approximate surface area is 106 Å². The number of ether oxygens (including phenoxy) is 2. The maximum absolute atomic E-state index is 5.98. The van der Waals surface area contributed by atoms with Crippen molar-refractivity contribution in [3.63, 3.8) is 0 Å². The van der Waals surface area contributed by atoms with Crippen LogP contribution in [0.4, 0.5) is 0 Å². The van der Waals surface area contributed by atoms with Crippen LogP contribution in [0.25, 0.3) is 0 Å². The van der Waals surface area contributed by atoms with E-state index in [-0.39, 0.29) is 5.79 Å². The highest BCUT2D eigenvalue weighted by Gasteiger charge is 2.40. The molecule has 17 heavy (non-hydrogen) atoms. The van der Waals surface area contributed by atoms with Crippen molar-refractivity contribution in [1.29, 1.82) is 0 Å². The summed E-state index contributed by atoms with van der Waals surface area (Å²) in [6.07, 6.45) is 2.04. The van der Waals surface area contributed by atoms with Gasteiger partial charge >= 0.3 is 0 Å². The second-order valence-electron chi connectivity index (χ2n) is 5.34. The Morgan fingerprint density at radius 3 is 1.94 bits per heavy atom. The van der Waals surface area contributed by atoms with Gasteiger partial charge in [0, 0.05) is 31.8 Å². The molecular formula is C14H29NO2. The van der Waals surface area contributed by atoms with Crippen LogP contribution in [-0.4, -0.2) is 44.0 Å². The number of piperidine rings is 1. The Bertz CT molecular complexity index is 200. The van der Waals surface area contributed by atoms with Gasteiger partial charge in [-0.05, 0) is 13.0 Å². The molecule has 0 aromatic heterocycles. The first kappa shape index (κ1) is 14.9. The van der Waals surface area contributed by atoms with Crippen molar-refractivity contribution in [2.24, 2.45) is 11.8 Å². The number of hydrogen-bond donors (Lipinski definition) is 0. The normalized spacial score (nSPS) is 25.8. The van der Waals surface area contributed by atoms with Gasteiger partial charge in [0.1, 0.15) is 0 Å². The van der Waals surface area contributed by atoms with Crippen molar-refractivity contribution in [2.45, 2.75) is 46.3 Å². The number of likely N-dealkylation sites (tertiary alicyclic amines) is 1. The van der Waals surface area contributed by atoms with Gasteiger partial charge in [0.2, 0.25) is 0 Å². The lowest BCUT2D eigenvalue weighted by atomic mass is 9.95. The maximum Gasteiger partial charge on any atom is 0.170 e. The molecule has 0 radical (unpaired) electrons. The number of rotatable bonds is 1. The van der Waals surface area contributed by atoms with Gasteiger partial charge in [0.05, 0.1) is 13.2 Å². The monoisotopic (exact) mass is 243 g/mol. The summed E-state index contributed by atoms with van der Waals surface area (Å²) in [6.45, 7) is 12.4. The molecule has 1 spiro atoms. The Morgan fingerprint density at radius 1 is 1.06 bits per heavy atom. The third kappa shape index (κ3) is 3.94. The molecule has 0 atom stereocenters. The molecule has 102 valence electrons. The molecular weight excluding hydrogens is 214 g/mol. The van der Waals surface area contributed by atoms with E-state index in [2.05, 4.69) is 25.8 Å². The molecule has 2 fully saturated rings. The predicted molar refractivity (Wildman–Crippen MR) is 71.0 cm³/mol. The molecule has 2 heterocycles. The summed E-state index contributed by atoms with van der Waals surface area (Å²) in [6, 6.07) is 0. The quantitative estimate of drug-likeness (QED) is 0.707. The third-order valence-corrected chi connectivity index (χ3v) is 3.81. The van der Waals surface area contributed by atoms with Crippen LogP contribution < -0.4 is 0 Å². The summed E-state index contributed by atoms with van der Waals surface area (Å²) in [5, 5.41) is 0. The second kappa shape index (κ2) is 6.72. The van der Waals surface area contributed by atoms with Crippen LogP contribution >= 0.6 is 0 Å². The zero-order valence-electron chi connectivity index (χ0n) is 12.2. The van der Waals surface area contributed by atoms with Crippen molar-refractivity contribution in [3.8, 4) is 0 Å². The number of hydrogen-bond acceptors (Lipinski definition) is 3. The zero-order valence-corrected chi connectivity index (χ0v) is 12.2. The van der Waals surface area contributed by atoms with Gasteiger partial charge in [-0.1, -0.05) is 27.7 Å². The average molecular weight is 243 g/mol. The van der Waals surface area contributed by atoms with Gasteiger partial charge in [-0.25, -0.2) is 0 Å². The first-order valence-electron chi connectivity index (χ1n) is 7.08. The van der Waals surface area contributed by atoms with Crippen LogP contribution in [-0.2, 0) is 9.47 Å². The Kier molecular flexibility index (Phi) is 5.90. The number of nitrogens with zero attached hydrogens (tertiary/aromatic N) is 1. The van der Waals surface area contributed by atoms with Crippen LogP contribution in [0.15, 0.2) is 0 Å². The molecule has 0 saturated carbocycles. The van der Waals surface area contributed by atoms with Gasteiger partial charge in [-0.15, -0.1) is 0 Å². The predicted octanol–water partition coefficient (Wildman–Crippen LogP) is 2.75. The lowest BCUT2D eigenvalue weighted by molar-refractivity contribution is -0.301. The molecule has 0 bridgehead atoms. The molecule has 0 aromatic rings. The van der Waals surface area contributed by atoms with Crippen molar-refractivity contribution < 1.29 is 9.47 Å². The van der Waals surface area contributed by atoms with E-state index in [1.807, 2.05) is 13.8 Å². The molecule has 3 nitrogen and oxygen atoms in total. The Hall–Kier alpha value is -0.120. The van der Waals surface area contributed by atoms with Crippen LogP contribution in [0.5, 0.6) is 0 Å². The van der Waals surface area contributed by atoms with Crippen molar-refractivity contribution in [2.75, 3.05) is 33.4 Å². The minimum Gasteiger partial charge on any atom is -0.349 e. The minimum atomic E-state index is -0.238. The van der Waals surface area contributed by atoms with Crippen molar-refractivity contribution >= 4 is 0 Å². The van der Waals surface area contributed by atoms with Gasteiger partial charge in [-0.3, -0.25) is 0 Å². The molecule has 2 aliphatic heterocycles. The van der Waals surface area contributed by atoms with E-state index in [9.17, 15) is 0 Å².